The molecule has 0 radical (unpaired) electrons. The summed E-state index contributed by atoms with van der Waals surface area (Å²) >= 11 is 0. The molecule has 3 saturated heterocycles. The van der Waals surface area contributed by atoms with Crippen LogP contribution in [0.2, 0.25) is 0 Å². The van der Waals surface area contributed by atoms with E-state index in [1.807, 2.05) is 18.3 Å². The van der Waals surface area contributed by atoms with Gasteiger partial charge in [-0.25, -0.2) is 0 Å². The van der Waals surface area contributed by atoms with E-state index in [2.05, 4.69) is 21.6 Å². The topological polar surface area (TPSA) is 51.3 Å². The van der Waals surface area contributed by atoms with E-state index in [0.29, 0.717) is 11.6 Å². The molecule has 22 heavy (non-hydrogen) atoms. The molecule has 1 saturated carbocycles. The van der Waals surface area contributed by atoms with E-state index in [0.717, 1.165) is 23.1 Å². The molecule has 4 heterocycles. The molecule has 3 aliphatic heterocycles. The number of benzene rings is 1. The summed E-state index contributed by atoms with van der Waals surface area (Å²) in [5.41, 5.74) is 7.42. The van der Waals surface area contributed by atoms with Crippen molar-refractivity contribution in [1.29, 1.82) is 0 Å². The highest BCUT2D eigenvalue weighted by Crippen LogP contribution is 2.54. The van der Waals surface area contributed by atoms with E-state index >= 15 is 0 Å². The van der Waals surface area contributed by atoms with Gasteiger partial charge in [0.25, 0.3) is 5.91 Å². The number of aromatic nitrogens is 1. The molecule has 6 rings (SSSR count). The van der Waals surface area contributed by atoms with Gasteiger partial charge in [0.15, 0.2) is 0 Å². The van der Waals surface area contributed by atoms with Gasteiger partial charge in [0.1, 0.15) is 0 Å². The quantitative estimate of drug-likeness (QED) is 0.924. The Labute approximate surface area is 135 Å². The van der Waals surface area contributed by atoms with E-state index in [4.69, 9.17) is 5.73 Å². The number of hydrogen-bond donors (Lipinski definition) is 1. The van der Waals surface area contributed by atoms with Gasteiger partial charge in [-0.1, -0.05) is 18.2 Å². The summed E-state index contributed by atoms with van der Waals surface area (Å²) in [6.45, 7) is 3.72. The normalized spacial score (nSPS) is 35.0. The van der Waals surface area contributed by atoms with Gasteiger partial charge in [0.2, 0.25) is 0 Å². The Bertz CT molecular complexity index is 751. The second-order valence-corrected chi connectivity index (χ2v) is 6.96. The molecule has 1 aromatic carbocycles. The van der Waals surface area contributed by atoms with Crippen LogP contribution in [0.15, 0.2) is 30.5 Å². The van der Waals surface area contributed by atoms with Crippen LogP contribution >= 0.6 is 12.4 Å². The summed E-state index contributed by atoms with van der Waals surface area (Å²) in [4.78, 5) is 14.4. The lowest BCUT2D eigenvalue weighted by molar-refractivity contribution is 0.100. The zero-order valence-corrected chi connectivity index (χ0v) is 13.1. The van der Waals surface area contributed by atoms with Crippen LogP contribution in [-0.2, 0) is 0 Å². The smallest absolute Gasteiger partial charge is 0.250 e. The van der Waals surface area contributed by atoms with E-state index in [9.17, 15) is 4.79 Å². The number of para-hydroxylation sites is 1. The Hall–Kier alpha value is -1.52. The first-order valence-electron chi connectivity index (χ1n) is 7.84. The molecule has 1 amide bonds. The van der Waals surface area contributed by atoms with Crippen LogP contribution in [0.4, 0.5) is 0 Å². The number of nitrogens with zero attached hydrogens (tertiary/aromatic N) is 2. The summed E-state index contributed by atoms with van der Waals surface area (Å²) < 4.78 is 2.37. The first-order chi connectivity index (χ1) is 10.2. The van der Waals surface area contributed by atoms with Gasteiger partial charge in [0.05, 0.1) is 5.56 Å². The molecule has 5 heteroatoms. The average molecular weight is 318 g/mol. The van der Waals surface area contributed by atoms with Crippen molar-refractivity contribution in [2.24, 2.45) is 23.5 Å². The van der Waals surface area contributed by atoms with E-state index in [1.54, 1.807) is 0 Å². The minimum Gasteiger partial charge on any atom is -0.366 e. The fourth-order valence-electron chi connectivity index (χ4n) is 5.25. The van der Waals surface area contributed by atoms with Crippen molar-refractivity contribution in [2.45, 2.75) is 12.5 Å². The molecule has 5 atom stereocenters. The minimum atomic E-state index is -0.318. The highest BCUT2D eigenvalue weighted by molar-refractivity contribution is 6.06. The molecule has 4 aliphatic rings. The van der Waals surface area contributed by atoms with Crippen molar-refractivity contribution in [3.8, 4) is 0 Å². The Morgan fingerprint density at radius 2 is 1.91 bits per heavy atom. The summed E-state index contributed by atoms with van der Waals surface area (Å²) in [5.74, 6) is 2.02. The van der Waals surface area contributed by atoms with Crippen molar-refractivity contribution in [3.05, 3.63) is 36.0 Å². The molecule has 4 fully saturated rings. The maximum Gasteiger partial charge on any atom is 0.250 e. The number of fused-ring (bicyclic) bond motifs is 1. The van der Waals surface area contributed by atoms with Crippen LogP contribution in [0.25, 0.3) is 10.9 Å². The summed E-state index contributed by atoms with van der Waals surface area (Å²) in [7, 11) is 0. The fourth-order valence-corrected chi connectivity index (χ4v) is 5.25. The third kappa shape index (κ3) is 1.71. The lowest BCUT2D eigenvalue weighted by atomic mass is 9.93. The van der Waals surface area contributed by atoms with Crippen LogP contribution < -0.4 is 5.73 Å². The minimum absolute atomic E-state index is 0. The maximum absolute atomic E-state index is 11.8. The number of piperidine rings is 2. The number of nitrogens with two attached hydrogens (primary N) is 1. The molecule has 1 unspecified atom stereocenters. The molecule has 1 aliphatic carbocycles. The standard InChI is InChI=1S/C17H19N3O.ClH/c18-17(21)14-9-20(15-4-2-1-3-12(14)15)16-11-5-10-6-19(7-11)8-13(10)16;/h1-4,9-11,13,16H,5-8H2,(H2,18,21);1H/t10-,11+,13+,16+;/m1./s1. The third-order valence-electron chi connectivity index (χ3n) is 5.91. The van der Waals surface area contributed by atoms with E-state index < -0.39 is 0 Å². The predicted octanol–water partition coefficient (Wildman–Crippen LogP) is 2.28. The molecule has 1 aromatic heterocycles. The van der Waals surface area contributed by atoms with Crippen LogP contribution in [0, 0.1) is 17.8 Å². The van der Waals surface area contributed by atoms with Gasteiger partial charge in [0, 0.05) is 42.8 Å². The van der Waals surface area contributed by atoms with Crippen molar-refractivity contribution in [2.75, 3.05) is 19.6 Å². The average Bonchev–Trinajstić information content (AvgIpc) is 3.06. The van der Waals surface area contributed by atoms with Crippen LogP contribution in [0.1, 0.15) is 22.8 Å². The van der Waals surface area contributed by atoms with E-state index in [-0.39, 0.29) is 18.3 Å². The Morgan fingerprint density at radius 3 is 2.68 bits per heavy atom. The first kappa shape index (κ1) is 14.1. The summed E-state index contributed by atoms with van der Waals surface area (Å²) in [6, 6.07) is 8.72. The molecular formula is C17H20ClN3O. The van der Waals surface area contributed by atoms with Crippen molar-refractivity contribution >= 4 is 29.2 Å². The van der Waals surface area contributed by atoms with Crippen molar-refractivity contribution < 1.29 is 4.79 Å². The largest absolute Gasteiger partial charge is 0.366 e. The number of carbonyl (C=O) groups excluding carboxylic acids is 1. The molecule has 0 spiro atoms. The molecule has 4 bridgehead atoms. The SMILES string of the molecule is Cl.NC(=O)c1cn([C@H]2[C@H]3C[C@@H]4CN(C3)C[C@@H]42)c2ccccc12. The van der Waals surface area contributed by atoms with Gasteiger partial charge in [-0.05, 0) is 30.2 Å². The number of halogens is 1. The fraction of sp³-hybridized carbons (Fsp3) is 0.471. The van der Waals surface area contributed by atoms with Gasteiger partial charge < -0.3 is 15.2 Å². The van der Waals surface area contributed by atoms with Crippen LogP contribution in [0.3, 0.4) is 0 Å². The molecular weight excluding hydrogens is 298 g/mol. The lowest BCUT2D eigenvalue weighted by Gasteiger charge is -2.35. The zero-order chi connectivity index (χ0) is 14.1. The predicted molar refractivity (Wildman–Crippen MR) is 88.3 cm³/mol. The Kier molecular flexibility index (Phi) is 3.03. The van der Waals surface area contributed by atoms with Gasteiger partial charge >= 0.3 is 0 Å². The number of carbonyl (C=O) groups is 1. The van der Waals surface area contributed by atoms with Crippen LogP contribution in [0.5, 0.6) is 0 Å². The highest BCUT2D eigenvalue weighted by atomic mass is 35.5. The number of hydrogen-bond acceptors (Lipinski definition) is 2. The Morgan fingerprint density at radius 1 is 1.14 bits per heavy atom. The van der Waals surface area contributed by atoms with Gasteiger partial charge in [-0.3, -0.25) is 4.79 Å². The Balaban J connectivity index is 0.00000125. The second-order valence-electron chi connectivity index (χ2n) is 6.96. The third-order valence-corrected chi connectivity index (χ3v) is 5.91. The van der Waals surface area contributed by atoms with Crippen molar-refractivity contribution in [1.82, 2.24) is 9.47 Å². The number of primary amides is 1. The summed E-state index contributed by atoms with van der Waals surface area (Å²) in [5, 5.41) is 1.00. The van der Waals surface area contributed by atoms with Gasteiger partial charge in [-0.15, -0.1) is 12.4 Å². The van der Waals surface area contributed by atoms with Crippen molar-refractivity contribution in [3.63, 3.8) is 0 Å². The monoisotopic (exact) mass is 317 g/mol. The lowest BCUT2D eigenvalue weighted by Crippen LogP contribution is -2.39. The number of amides is 1. The van der Waals surface area contributed by atoms with Crippen LogP contribution in [-0.4, -0.2) is 35.0 Å². The maximum atomic E-state index is 11.8. The number of rotatable bonds is 2. The summed E-state index contributed by atoms with van der Waals surface area (Å²) in [6.07, 6.45) is 3.37. The van der Waals surface area contributed by atoms with Gasteiger partial charge in [-0.2, -0.15) is 0 Å². The zero-order valence-electron chi connectivity index (χ0n) is 12.3. The molecule has 116 valence electrons. The molecule has 4 nitrogen and oxygen atoms in total. The highest BCUT2D eigenvalue weighted by Gasteiger charge is 2.53. The molecule has 2 N–H and O–H groups in total. The molecule has 2 aromatic rings. The second kappa shape index (κ2) is 4.74. The van der Waals surface area contributed by atoms with E-state index in [1.165, 1.54) is 31.6 Å². The first-order valence-corrected chi connectivity index (χ1v) is 7.84.